The third-order valence-corrected chi connectivity index (χ3v) is 4.11. The van der Waals surface area contributed by atoms with Crippen LogP contribution in [0.15, 0.2) is 45.3 Å². The average Bonchev–Trinajstić information content (AvgIpc) is 2.75. The van der Waals surface area contributed by atoms with Crippen molar-refractivity contribution in [1.82, 2.24) is 9.55 Å². The van der Waals surface area contributed by atoms with Gasteiger partial charge in [0.25, 0.3) is 0 Å². The van der Waals surface area contributed by atoms with Crippen molar-refractivity contribution in [3.63, 3.8) is 0 Å². The van der Waals surface area contributed by atoms with Gasteiger partial charge in [0.1, 0.15) is 11.6 Å². The molecule has 0 radical (unpaired) electrons. The first-order valence-electron chi connectivity index (χ1n) is 5.74. The molecular weight excluding hydrogens is 384 g/mol. The molecule has 0 bridgehead atoms. The van der Waals surface area contributed by atoms with Gasteiger partial charge < -0.3 is 5.73 Å². The molecule has 0 fully saturated rings. The van der Waals surface area contributed by atoms with Gasteiger partial charge >= 0.3 is 0 Å². The van der Waals surface area contributed by atoms with Crippen LogP contribution in [0.1, 0.15) is 5.56 Å². The zero-order valence-corrected chi connectivity index (χ0v) is 13.3. The number of imidazole rings is 1. The van der Waals surface area contributed by atoms with Crippen LogP contribution in [0.3, 0.4) is 0 Å². The van der Waals surface area contributed by atoms with E-state index in [9.17, 15) is 0 Å². The zero-order chi connectivity index (χ0) is 14.3. The Bertz CT molecular complexity index is 861. The predicted octanol–water partition coefficient (Wildman–Crippen LogP) is 4.00. The van der Waals surface area contributed by atoms with Crippen molar-refractivity contribution in [2.24, 2.45) is 0 Å². The fourth-order valence-corrected chi connectivity index (χ4v) is 3.35. The Morgan fingerprint density at radius 1 is 1.20 bits per heavy atom. The lowest BCUT2D eigenvalue weighted by molar-refractivity contribution is 1.10. The molecule has 2 aromatic carbocycles. The molecule has 6 heteroatoms. The Morgan fingerprint density at radius 3 is 2.70 bits per heavy atom. The summed E-state index contributed by atoms with van der Waals surface area (Å²) in [6.07, 6.45) is 0. The molecule has 20 heavy (non-hydrogen) atoms. The third-order valence-electron chi connectivity index (χ3n) is 2.98. The summed E-state index contributed by atoms with van der Waals surface area (Å²) in [5, 5.41) is 9.14. The fraction of sp³-hybridized carbons (Fsp3) is 0. The number of aromatic nitrogens is 2. The molecule has 0 aliphatic rings. The molecule has 3 aromatic rings. The van der Waals surface area contributed by atoms with Gasteiger partial charge in [-0.3, -0.25) is 4.57 Å². The van der Waals surface area contributed by atoms with E-state index in [1.54, 1.807) is 6.07 Å². The largest absolute Gasteiger partial charge is 0.369 e. The molecule has 0 aliphatic heterocycles. The van der Waals surface area contributed by atoms with E-state index in [0.717, 1.165) is 20.1 Å². The van der Waals surface area contributed by atoms with Gasteiger partial charge in [0.2, 0.25) is 5.95 Å². The smallest absolute Gasteiger partial charge is 0.206 e. The van der Waals surface area contributed by atoms with Crippen LogP contribution in [0.4, 0.5) is 5.95 Å². The number of para-hydroxylation sites is 1. The maximum absolute atomic E-state index is 9.14. The van der Waals surface area contributed by atoms with Gasteiger partial charge in [0, 0.05) is 8.95 Å². The van der Waals surface area contributed by atoms with Gasteiger partial charge in [0.05, 0.1) is 16.8 Å². The highest BCUT2D eigenvalue weighted by atomic mass is 79.9. The minimum Gasteiger partial charge on any atom is -0.369 e. The highest BCUT2D eigenvalue weighted by Gasteiger charge is 2.14. The Hall–Kier alpha value is -1.84. The second-order valence-corrected chi connectivity index (χ2v) is 5.96. The summed E-state index contributed by atoms with van der Waals surface area (Å²) >= 11 is 6.95. The molecule has 0 amide bonds. The second-order valence-electron chi connectivity index (χ2n) is 4.19. The van der Waals surface area contributed by atoms with E-state index in [1.165, 1.54) is 0 Å². The van der Waals surface area contributed by atoms with Crippen LogP contribution in [0.2, 0.25) is 0 Å². The van der Waals surface area contributed by atoms with Crippen molar-refractivity contribution >= 4 is 48.8 Å². The first kappa shape index (κ1) is 13.2. The number of fused-ring (bicyclic) bond motifs is 1. The Morgan fingerprint density at radius 2 is 2.00 bits per heavy atom. The number of halogens is 2. The molecular formula is C14H8Br2N4. The summed E-state index contributed by atoms with van der Waals surface area (Å²) in [6, 6.07) is 13.4. The SMILES string of the molecule is N#Cc1cccc2c1nc(N)n2-c1ccc(Br)cc1Br. The lowest BCUT2D eigenvalue weighted by Gasteiger charge is -2.09. The summed E-state index contributed by atoms with van der Waals surface area (Å²) in [6.45, 7) is 0. The van der Waals surface area contributed by atoms with Crippen LogP contribution in [0.25, 0.3) is 16.7 Å². The van der Waals surface area contributed by atoms with Crippen molar-refractivity contribution in [2.45, 2.75) is 0 Å². The molecule has 0 aliphatic carbocycles. The monoisotopic (exact) mass is 390 g/mol. The number of hydrogen-bond acceptors (Lipinski definition) is 3. The maximum Gasteiger partial charge on any atom is 0.206 e. The highest BCUT2D eigenvalue weighted by molar-refractivity contribution is 9.11. The molecule has 2 N–H and O–H groups in total. The summed E-state index contributed by atoms with van der Waals surface area (Å²) in [5.41, 5.74) is 8.84. The van der Waals surface area contributed by atoms with E-state index in [1.807, 2.05) is 34.9 Å². The fourth-order valence-electron chi connectivity index (χ4n) is 2.12. The molecule has 1 heterocycles. The van der Waals surface area contributed by atoms with Gasteiger partial charge in [-0.1, -0.05) is 22.0 Å². The predicted molar refractivity (Wildman–Crippen MR) is 85.6 cm³/mol. The first-order chi connectivity index (χ1) is 9.61. The summed E-state index contributed by atoms with van der Waals surface area (Å²) in [4.78, 5) is 4.31. The van der Waals surface area contributed by atoms with Crippen molar-refractivity contribution in [3.8, 4) is 11.8 Å². The van der Waals surface area contributed by atoms with Crippen LogP contribution in [0, 0.1) is 11.3 Å². The quantitative estimate of drug-likeness (QED) is 0.681. The van der Waals surface area contributed by atoms with Crippen molar-refractivity contribution in [2.75, 3.05) is 5.73 Å². The molecule has 1 aromatic heterocycles. The number of benzene rings is 2. The average molecular weight is 392 g/mol. The first-order valence-corrected chi connectivity index (χ1v) is 7.33. The molecule has 0 saturated carbocycles. The van der Waals surface area contributed by atoms with Crippen LogP contribution >= 0.6 is 31.9 Å². The van der Waals surface area contributed by atoms with E-state index >= 15 is 0 Å². The number of rotatable bonds is 1. The number of nitrogens with zero attached hydrogens (tertiary/aromatic N) is 3. The van der Waals surface area contributed by atoms with E-state index in [-0.39, 0.29) is 0 Å². The molecule has 0 atom stereocenters. The van der Waals surface area contributed by atoms with E-state index in [0.29, 0.717) is 17.0 Å². The van der Waals surface area contributed by atoms with Gasteiger partial charge in [0.15, 0.2) is 0 Å². The summed E-state index contributed by atoms with van der Waals surface area (Å²) < 4.78 is 3.68. The van der Waals surface area contributed by atoms with Crippen LogP contribution in [-0.4, -0.2) is 9.55 Å². The maximum atomic E-state index is 9.14. The van der Waals surface area contributed by atoms with Gasteiger partial charge in [-0.2, -0.15) is 5.26 Å². The molecule has 0 saturated heterocycles. The highest BCUT2D eigenvalue weighted by Crippen LogP contribution is 2.31. The van der Waals surface area contributed by atoms with Crippen molar-refractivity contribution in [3.05, 3.63) is 50.9 Å². The minimum atomic E-state index is 0.353. The number of nitrogen functional groups attached to an aromatic ring is 1. The van der Waals surface area contributed by atoms with Gasteiger partial charge in [-0.25, -0.2) is 4.98 Å². The second kappa shape index (κ2) is 4.93. The minimum absolute atomic E-state index is 0.353. The van der Waals surface area contributed by atoms with Gasteiger partial charge in [-0.15, -0.1) is 0 Å². The summed E-state index contributed by atoms with van der Waals surface area (Å²) in [7, 11) is 0. The van der Waals surface area contributed by atoms with E-state index < -0.39 is 0 Å². The third kappa shape index (κ3) is 1.99. The molecule has 98 valence electrons. The molecule has 4 nitrogen and oxygen atoms in total. The van der Waals surface area contributed by atoms with E-state index in [2.05, 4.69) is 42.9 Å². The lowest BCUT2D eigenvalue weighted by atomic mass is 10.2. The summed E-state index contributed by atoms with van der Waals surface area (Å²) in [5.74, 6) is 0.353. The normalized spacial score (nSPS) is 10.7. The number of nitriles is 1. The van der Waals surface area contributed by atoms with Crippen LogP contribution in [0.5, 0.6) is 0 Å². The molecule has 0 spiro atoms. The number of nitrogens with two attached hydrogens (primary N) is 1. The van der Waals surface area contributed by atoms with Gasteiger partial charge in [-0.05, 0) is 46.3 Å². The zero-order valence-electron chi connectivity index (χ0n) is 10.1. The van der Waals surface area contributed by atoms with Crippen LogP contribution < -0.4 is 5.73 Å². The standard InChI is InChI=1S/C14H8Br2N4/c15-9-4-5-11(10(16)6-9)20-12-3-1-2-8(7-17)13(12)19-14(20)18/h1-6H,(H2,18,19). The van der Waals surface area contributed by atoms with Crippen molar-refractivity contribution in [1.29, 1.82) is 5.26 Å². The number of hydrogen-bond donors (Lipinski definition) is 1. The molecule has 3 rings (SSSR count). The Balaban J connectivity index is 2.37. The Labute approximate surface area is 132 Å². The lowest BCUT2D eigenvalue weighted by Crippen LogP contribution is -2.01. The number of anilines is 1. The van der Waals surface area contributed by atoms with Crippen LogP contribution in [-0.2, 0) is 0 Å². The van der Waals surface area contributed by atoms with Crippen molar-refractivity contribution < 1.29 is 0 Å². The van der Waals surface area contributed by atoms with E-state index in [4.69, 9.17) is 11.0 Å². The Kier molecular flexibility index (Phi) is 3.24. The topological polar surface area (TPSA) is 67.6 Å². The molecule has 0 unspecified atom stereocenters.